The van der Waals surface area contributed by atoms with Gasteiger partial charge in [-0.3, -0.25) is 9.69 Å². The van der Waals surface area contributed by atoms with Gasteiger partial charge in [0, 0.05) is 6.04 Å². The zero-order valence-corrected chi connectivity index (χ0v) is 11.2. The molecule has 2 fully saturated rings. The summed E-state index contributed by atoms with van der Waals surface area (Å²) in [5.74, 6) is -0.438. The van der Waals surface area contributed by atoms with Crippen molar-refractivity contribution in [3.8, 4) is 0 Å². The summed E-state index contributed by atoms with van der Waals surface area (Å²) >= 11 is 0. The maximum Gasteiger partial charge on any atom is 0.267 e. The van der Waals surface area contributed by atoms with Crippen molar-refractivity contribution >= 4 is 5.91 Å². The molecule has 2 aliphatic rings. The SMILES string of the molecule is NC(=O)c1cccc(C2CCCN2C2CCCC2)n1. The summed E-state index contributed by atoms with van der Waals surface area (Å²) in [5, 5.41) is 0. The van der Waals surface area contributed by atoms with E-state index in [0.717, 1.165) is 18.7 Å². The Kier molecular flexibility index (Phi) is 3.51. The summed E-state index contributed by atoms with van der Waals surface area (Å²) in [5.41, 5.74) is 6.72. The molecule has 1 saturated heterocycles. The molecule has 4 heteroatoms. The van der Waals surface area contributed by atoms with Crippen LogP contribution in [0.2, 0.25) is 0 Å². The molecule has 1 saturated carbocycles. The monoisotopic (exact) mass is 259 g/mol. The highest BCUT2D eigenvalue weighted by Gasteiger charge is 2.33. The first-order valence-corrected chi connectivity index (χ1v) is 7.28. The van der Waals surface area contributed by atoms with E-state index in [1.807, 2.05) is 12.1 Å². The molecule has 1 amide bonds. The van der Waals surface area contributed by atoms with Crippen molar-refractivity contribution in [1.29, 1.82) is 0 Å². The lowest BCUT2D eigenvalue weighted by atomic mass is 10.1. The number of nitrogens with two attached hydrogens (primary N) is 1. The average Bonchev–Trinajstić information content (AvgIpc) is 3.09. The van der Waals surface area contributed by atoms with Crippen molar-refractivity contribution in [2.75, 3.05) is 6.54 Å². The molecule has 1 atom stereocenters. The molecule has 4 nitrogen and oxygen atoms in total. The third-order valence-electron chi connectivity index (χ3n) is 4.45. The highest BCUT2D eigenvalue weighted by atomic mass is 16.1. The van der Waals surface area contributed by atoms with Gasteiger partial charge in [-0.15, -0.1) is 0 Å². The van der Waals surface area contributed by atoms with E-state index in [1.54, 1.807) is 6.07 Å². The smallest absolute Gasteiger partial charge is 0.267 e. The molecule has 1 aliphatic heterocycles. The fourth-order valence-electron chi connectivity index (χ4n) is 3.55. The molecule has 1 aromatic rings. The van der Waals surface area contributed by atoms with Gasteiger partial charge in [0.1, 0.15) is 5.69 Å². The number of pyridine rings is 1. The molecule has 2 heterocycles. The van der Waals surface area contributed by atoms with Crippen LogP contribution in [0, 0.1) is 0 Å². The first-order valence-electron chi connectivity index (χ1n) is 7.28. The molecule has 1 aliphatic carbocycles. The number of likely N-dealkylation sites (tertiary alicyclic amines) is 1. The summed E-state index contributed by atoms with van der Waals surface area (Å²) in [6.45, 7) is 1.16. The summed E-state index contributed by atoms with van der Waals surface area (Å²) in [6.07, 6.45) is 7.69. The van der Waals surface area contributed by atoms with Crippen LogP contribution >= 0.6 is 0 Å². The van der Waals surface area contributed by atoms with Crippen LogP contribution in [0.15, 0.2) is 18.2 Å². The van der Waals surface area contributed by atoms with Crippen LogP contribution in [0.25, 0.3) is 0 Å². The van der Waals surface area contributed by atoms with E-state index in [0.29, 0.717) is 17.8 Å². The Hall–Kier alpha value is -1.42. The Balaban J connectivity index is 1.83. The second-order valence-electron chi connectivity index (χ2n) is 5.65. The molecule has 3 rings (SSSR count). The molecule has 102 valence electrons. The minimum absolute atomic E-state index is 0.377. The van der Waals surface area contributed by atoms with Crippen LogP contribution in [-0.4, -0.2) is 28.4 Å². The first-order chi connectivity index (χ1) is 9.25. The third-order valence-corrected chi connectivity index (χ3v) is 4.45. The molecule has 0 bridgehead atoms. The number of rotatable bonds is 3. The van der Waals surface area contributed by atoms with Gasteiger partial charge < -0.3 is 5.73 Å². The number of primary amides is 1. The summed E-state index contributed by atoms with van der Waals surface area (Å²) in [4.78, 5) is 18.3. The zero-order chi connectivity index (χ0) is 13.2. The molecule has 0 radical (unpaired) electrons. The summed E-state index contributed by atoms with van der Waals surface area (Å²) in [7, 11) is 0. The van der Waals surface area contributed by atoms with Crippen LogP contribution < -0.4 is 5.73 Å². The van der Waals surface area contributed by atoms with Gasteiger partial charge >= 0.3 is 0 Å². The second-order valence-corrected chi connectivity index (χ2v) is 5.65. The number of aromatic nitrogens is 1. The van der Waals surface area contributed by atoms with Crippen molar-refractivity contribution in [3.05, 3.63) is 29.6 Å². The Morgan fingerprint density at radius 2 is 2.00 bits per heavy atom. The molecule has 1 aromatic heterocycles. The fourth-order valence-corrected chi connectivity index (χ4v) is 3.55. The van der Waals surface area contributed by atoms with Gasteiger partial charge in [-0.1, -0.05) is 18.9 Å². The lowest BCUT2D eigenvalue weighted by Gasteiger charge is -2.30. The van der Waals surface area contributed by atoms with Gasteiger partial charge in [0.25, 0.3) is 5.91 Å². The molecule has 1 unspecified atom stereocenters. The van der Waals surface area contributed by atoms with Gasteiger partial charge in [0.15, 0.2) is 0 Å². The van der Waals surface area contributed by atoms with E-state index >= 15 is 0 Å². The van der Waals surface area contributed by atoms with Crippen LogP contribution in [0.4, 0.5) is 0 Å². The normalized spacial score (nSPS) is 24.9. The number of hydrogen-bond acceptors (Lipinski definition) is 3. The highest BCUT2D eigenvalue weighted by molar-refractivity contribution is 5.90. The predicted molar refractivity (Wildman–Crippen MR) is 73.7 cm³/mol. The maximum absolute atomic E-state index is 11.3. The van der Waals surface area contributed by atoms with Gasteiger partial charge in [-0.05, 0) is 44.4 Å². The minimum atomic E-state index is -0.438. The first kappa shape index (κ1) is 12.6. The van der Waals surface area contributed by atoms with E-state index in [-0.39, 0.29) is 0 Å². The number of amides is 1. The number of hydrogen-bond donors (Lipinski definition) is 1. The van der Waals surface area contributed by atoms with Crippen molar-refractivity contribution in [1.82, 2.24) is 9.88 Å². The van der Waals surface area contributed by atoms with Gasteiger partial charge in [0.2, 0.25) is 0 Å². The Morgan fingerprint density at radius 3 is 2.74 bits per heavy atom. The fraction of sp³-hybridized carbons (Fsp3) is 0.600. The molecular weight excluding hydrogens is 238 g/mol. The Labute approximate surface area is 114 Å². The Bertz CT molecular complexity index is 468. The number of nitrogens with zero attached hydrogens (tertiary/aromatic N) is 2. The van der Waals surface area contributed by atoms with Crippen molar-refractivity contribution in [3.63, 3.8) is 0 Å². The van der Waals surface area contributed by atoms with Gasteiger partial charge in [-0.25, -0.2) is 4.98 Å². The topological polar surface area (TPSA) is 59.2 Å². The van der Waals surface area contributed by atoms with E-state index in [2.05, 4.69) is 9.88 Å². The minimum Gasteiger partial charge on any atom is -0.364 e. The summed E-state index contributed by atoms with van der Waals surface area (Å²) in [6, 6.07) is 6.72. The van der Waals surface area contributed by atoms with Crippen molar-refractivity contribution in [2.45, 2.75) is 50.6 Å². The van der Waals surface area contributed by atoms with E-state index in [9.17, 15) is 4.79 Å². The van der Waals surface area contributed by atoms with Crippen molar-refractivity contribution < 1.29 is 4.79 Å². The Morgan fingerprint density at radius 1 is 1.21 bits per heavy atom. The van der Waals surface area contributed by atoms with E-state index in [1.165, 1.54) is 32.1 Å². The second kappa shape index (κ2) is 5.29. The standard InChI is InChI=1S/C15H21N3O/c16-15(19)13-8-3-7-12(17-13)14-9-4-10-18(14)11-5-1-2-6-11/h3,7-8,11,14H,1-2,4-6,9-10H2,(H2,16,19). The van der Waals surface area contributed by atoms with Crippen LogP contribution in [0.1, 0.15) is 60.7 Å². The predicted octanol–water partition coefficient (Wildman–Crippen LogP) is 2.26. The molecule has 0 aromatic carbocycles. The van der Waals surface area contributed by atoms with E-state index in [4.69, 9.17) is 5.73 Å². The lowest BCUT2D eigenvalue weighted by Crippen LogP contribution is -2.33. The summed E-state index contributed by atoms with van der Waals surface area (Å²) < 4.78 is 0. The number of carbonyl (C=O) groups is 1. The van der Waals surface area contributed by atoms with Crippen LogP contribution in [0.3, 0.4) is 0 Å². The van der Waals surface area contributed by atoms with E-state index < -0.39 is 5.91 Å². The molecular formula is C15H21N3O. The quantitative estimate of drug-likeness (QED) is 0.905. The van der Waals surface area contributed by atoms with Crippen molar-refractivity contribution in [2.24, 2.45) is 5.73 Å². The molecule has 0 spiro atoms. The van der Waals surface area contributed by atoms with Gasteiger partial charge in [0.05, 0.1) is 11.7 Å². The zero-order valence-electron chi connectivity index (χ0n) is 11.2. The number of carbonyl (C=O) groups excluding carboxylic acids is 1. The van der Waals surface area contributed by atoms with Crippen LogP contribution in [0.5, 0.6) is 0 Å². The van der Waals surface area contributed by atoms with Gasteiger partial charge in [-0.2, -0.15) is 0 Å². The molecule has 19 heavy (non-hydrogen) atoms. The highest BCUT2D eigenvalue weighted by Crippen LogP contribution is 2.37. The maximum atomic E-state index is 11.3. The molecule has 2 N–H and O–H groups in total. The largest absolute Gasteiger partial charge is 0.364 e. The van der Waals surface area contributed by atoms with Crippen LogP contribution in [-0.2, 0) is 0 Å². The third kappa shape index (κ3) is 2.50. The lowest BCUT2D eigenvalue weighted by molar-refractivity contribution is 0.0994. The average molecular weight is 259 g/mol.